The quantitative estimate of drug-likeness (QED) is 0.438. The number of hydrogen-bond acceptors (Lipinski definition) is 4. The van der Waals surface area contributed by atoms with Crippen LogP contribution in [0.3, 0.4) is 0 Å². The van der Waals surface area contributed by atoms with E-state index in [0.29, 0.717) is 24.1 Å². The molecule has 2 aromatic carbocycles. The molecule has 0 saturated carbocycles. The molecule has 0 amide bonds. The summed E-state index contributed by atoms with van der Waals surface area (Å²) in [5.74, 6) is -0.392. The Hall–Kier alpha value is -3.39. The van der Waals surface area contributed by atoms with Crippen LogP contribution >= 0.6 is 0 Å². The summed E-state index contributed by atoms with van der Waals surface area (Å²) in [5, 5.41) is 23.7. The molecule has 0 saturated heterocycles. The lowest BCUT2D eigenvalue weighted by Gasteiger charge is -2.40. The van der Waals surface area contributed by atoms with Crippen molar-refractivity contribution in [2.45, 2.75) is 37.7 Å². The van der Waals surface area contributed by atoms with Gasteiger partial charge in [0.1, 0.15) is 5.60 Å². The Balaban J connectivity index is 2.01. The molecule has 1 aliphatic rings. The van der Waals surface area contributed by atoms with E-state index in [-0.39, 0.29) is 11.8 Å². The smallest absolute Gasteiger partial charge is 0.214 e. The lowest BCUT2D eigenvalue weighted by Crippen LogP contribution is -2.41. The molecule has 4 nitrogen and oxygen atoms in total. The summed E-state index contributed by atoms with van der Waals surface area (Å²) in [6.45, 7) is 4.84. The summed E-state index contributed by atoms with van der Waals surface area (Å²) in [7, 11) is 3.99. The van der Waals surface area contributed by atoms with E-state index >= 15 is 0 Å². The molecular weight excluding hydrogens is 420 g/mol. The van der Waals surface area contributed by atoms with Crippen molar-refractivity contribution in [2.75, 3.05) is 20.6 Å². The van der Waals surface area contributed by atoms with Gasteiger partial charge in [-0.25, -0.2) is 4.98 Å². The molecule has 2 N–H and O–H groups in total. The van der Waals surface area contributed by atoms with E-state index in [4.69, 9.17) is 0 Å². The van der Waals surface area contributed by atoms with Crippen LogP contribution in [-0.4, -0.2) is 46.3 Å². The molecule has 2 unspecified atom stereocenters. The molecule has 174 valence electrons. The van der Waals surface area contributed by atoms with Crippen molar-refractivity contribution in [3.63, 3.8) is 0 Å². The van der Waals surface area contributed by atoms with Gasteiger partial charge in [-0.2, -0.15) is 0 Å². The number of nitrogens with zero attached hydrogens (tertiary/aromatic N) is 2. The molecule has 0 bridgehead atoms. The third-order valence-corrected chi connectivity index (χ3v) is 6.53. The summed E-state index contributed by atoms with van der Waals surface area (Å²) in [6.07, 6.45) is 4.03. The summed E-state index contributed by atoms with van der Waals surface area (Å²) in [4.78, 5) is 6.39. The van der Waals surface area contributed by atoms with Crippen LogP contribution in [0.4, 0.5) is 0 Å². The van der Waals surface area contributed by atoms with E-state index < -0.39 is 11.5 Å². The molecule has 1 heterocycles. The summed E-state index contributed by atoms with van der Waals surface area (Å²) >= 11 is 0. The monoisotopic (exact) mass is 452 g/mol. The average Bonchev–Trinajstić information content (AvgIpc) is 2.84. The van der Waals surface area contributed by atoms with Crippen LogP contribution in [0.2, 0.25) is 0 Å². The molecule has 34 heavy (non-hydrogen) atoms. The Labute approximate surface area is 202 Å². The number of benzene rings is 2. The SMILES string of the molecule is CC(C)c1cnc(O)c(C(c2ccccc2)C(O)(CCN(C)C)C2=C=C=Cc3ccccc32)c1. The zero-order valence-electron chi connectivity index (χ0n) is 20.3. The molecule has 3 aromatic rings. The fourth-order valence-electron chi connectivity index (χ4n) is 4.63. The van der Waals surface area contributed by atoms with Crippen molar-refractivity contribution in [2.24, 2.45) is 0 Å². The lowest BCUT2D eigenvalue weighted by molar-refractivity contribution is 0.0659. The second kappa shape index (κ2) is 9.85. The van der Waals surface area contributed by atoms with Gasteiger partial charge >= 0.3 is 0 Å². The van der Waals surface area contributed by atoms with Crippen molar-refractivity contribution < 1.29 is 10.2 Å². The third-order valence-electron chi connectivity index (χ3n) is 6.53. The maximum Gasteiger partial charge on any atom is 0.214 e. The van der Waals surface area contributed by atoms with Gasteiger partial charge < -0.3 is 15.1 Å². The highest BCUT2D eigenvalue weighted by Crippen LogP contribution is 2.48. The fourth-order valence-corrected chi connectivity index (χ4v) is 4.63. The predicted molar refractivity (Wildman–Crippen MR) is 138 cm³/mol. The number of aliphatic hydroxyl groups is 1. The Morgan fingerprint density at radius 2 is 1.71 bits per heavy atom. The number of aromatic nitrogens is 1. The maximum atomic E-state index is 12.7. The van der Waals surface area contributed by atoms with Crippen LogP contribution in [0.5, 0.6) is 5.88 Å². The first kappa shape index (κ1) is 23.8. The maximum absolute atomic E-state index is 12.7. The zero-order valence-corrected chi connectivity index (χ0v) is 20.3. The summed E-state index contributed by atoms with van der Waals surface area (Å²) in [6, 6.07) is 19.9. The first-order valence-corrected chi connectivity index (χ1v) is 11.7. The van der Waals surface area contributed by atoms with Gasteiger partial charge in [0.25, 0.3) is 0 Å². The molecule has 1 aromatic heterocycles. The van der Waals surface area contributed by atoms with E-state index in [2.05, 4.69) is 35.2 Å². The van der Waals surface area contributed by atoms with Crippen molar-refractivity contribution in [1.29, 1.82) is 0 Å². The first-order chi connectivity index (χ1) is 16.3. The number of rotatable bonds is 8. The Bertz CT molecular complexity index is 1270. The van der Waals surface area contributed by atoms with Gasteiger partial charge in [-0.3, -0.25) is 0 Å². The third kappa shape index (κ3) is 4.63. The molecule has 1 aliphatic carbocycles. The van der Waals surface area contributed by atoms with Crippen LogP contribution in [0.15, 0.2) is 78.3 Å². The van der Waals surface area contributed by atoms with E-state index in [1.54, 1.807) is 6.20 Å². The number of pyridine rings is 1. The van der Waals surface area contributed by atoms with E-state index in [1.165, 1.54) is 0 Å². The van der Waals surface area contributed by atoms with E-state index in [1.807, 2.05) is 80.8 Å². The highest BCUT2D eigenvalue weighted by atomic mass is 16.3. The van der Waals surface area contributed by atoms with Crippen molar-refractivity contribution >= 4 is 11.6 Å². The van der Waals surface area contributed by atoms with Crippen molar-refractivity contribution in [3.05, 3.63) is 106 Å². The molecule has 2 atom stereocenters. The molecule has 0 aliphatic heterocycles. The standard InChI is InChI=1S/C30H32N2O2/c1-21(2)24-19-26(29(33)31-20-24)28(23-12-6-5-7-13-23)30(34,17-18-32(3)4)27-16-10-14-22-11-8-9-15-25(22)27/h5-9,11-15,19-21,28,34H,17-18H2,1-4H3,(H,31,33). The van der Waals surface area contributed by atoms with Gasteiger partial charge in [-0.05, 0) is 60.8 Å². The van der Waals surface area contributed by atoms with Gasteiger partial charge in [0.15, 0.2) is 0 Å². The van der Waals surface area contributed by atoms with Crippen molar-refractivity contribution in [1.82, 2.24) is 9.88 Å². The topological polar surface area (TPSA) is 56.6 Å². The number of aromatic hydroxyl groups is 1. The second-order valence-electron chi connectivity index (χ2n) is 9.53. The van der Waals surface area contributed by atoms with Gasteiger partial charge in [-0.15, -0.1) is 0 Å². The fraction of sp³-hybridized carbons (Fsp3) is 0.300. The highest BCUT2D eigenvalue weighted by Gasteiger charge is 2.45. The minimum atomic E-state index is -1.38. The van der Waals surface area contributed by atoms with E-state index in [9.17, 15) is 10.2 Å². The Morgan fingerprint density at radius 3 is 2.41 bits per heavy atom. The normalized spacial score (nSPS) is 15.2. The first-order valence-electron chi connectivity index (χ1n) is 11.7. The molecule has 4 heteroatoms. The minimum absolute atomic E-state index is 0.0641. The summed E-state index contributed by atoms with van der Waals surface area (Å²) < 4.78 is 0. The number of hydrogen-bond donors (Lipinski definition) is 2. The van der Waals surface area contributed by atoms with Crippen LogP contribution in [0, 0.1) is 0 Å². The molecule has 0 fully saturated rings. The average molecular weight is 453 g/mol. The second-order valence-corrected chi connectivity index (χ2v) is 9.53. The largest absolute Gasteiger partial charge is 0.493 e. The molecule has 4 rings (SSSR count). The number of fused-ring (bicyclic) bond motifs is 1. The minimum Gasteiger partial charge on any atom is -0.493 e. The Kier molecular flexibility index (Phi) is 6.88. The lowest BCUT2D eigenvalue weighted by atomic mass is 9.69. The van der Waals surface area contributed by atoms with Gasteiger partial charge in [0.05, 0.1) is 0 Å². The predicted octanol–water partition coefficient (Wildman–Crippen LogP) is 5.59. The Morgan fingerprint density at radius 1 is 1.00 bits per heavy atom. The highest BCUT2D eigenvalue weighted by molar-refractivity contribution is 5.82. The van der Waals surface area contributed by atoms with Crippen LogP contribution in [0.1, 0.15) is 59.9 Å². The van der Waals surface area contributed by atoms with Crippen molar-refractivity contribution in [3.8, 4) is 5.88 Å². The van der Waals surface area contributed by atoms with Gasteiger partial charge in [-0.1, -0.05) is 79.9 Å². The zero-order chi connectivity index (χ0) is 24.3. The molecular formula is C30H32N2O2. The molecule has 0 spiro atoms. The van der Waals surface area contributed by atoms with Gasteiger partial charge in [0, 0.05) is 29.8 Å². The molecule has 0 radical (unpaired) electrons. The van der Waals surface area contributed by atoms with Crippen LogP contribution in [-0.2, 0) is 0 Å². The van der Waals surface area contributed by atoms with E-state index in [0.717, 1.165) is 22.3 Å². The van der Waals surface area contributed by atoms with Gasteiger partial charge in [0.2, 0.25) is 5.88 Å². The van der Waals surface area contributed by atoms with Crippen LogP contribution in [0.25, 0.3) is 11.6 Å². The van der Waals surface area contributed by atoms with Crippen LogP contribution < -0.4 is 0 Å². The summed E-state index contributed by atoms with van der Waals surface area (Å²) in [5.41, 5.74) is 10.1.